The van der Waals surface area contributed by atoms with E-state index < -0.39 is 0 Å². The van der Waals surface area contributed by atoms with Gasteiger partial charge in [-0.1, -0.05) is 29.8 Å². The van der Waals surface area contributed by atoms with Crippen LogP contribution in [-0.2, 0) is 0 Å². The van der Waals surface area contributed by atoms with Gasteiger partial charge in [-0.2, -0.15) is 5.10 Å². The monoisotopic (exact) mass is 399 g/mol. The van der Waals surface area contributed by atoms with Crippen LogP contribution in [0.25, 0.3) is 15.8 Å². The summed E-state index contributed by atoms with van der Waals surface area (Å²) < 4.78 is 15.9. The van der Waals surface area contributed by atoms with E-state index in [1.165, 1.54) is 23.5 Å². The van der Waals surface area contributed by atoms with Crippen LogP contribution in [0, 0.1) is 19.7 Å². The number of hydrogen-bond donors (Lipinski definition) is 1. The molecule has 4 aromatic rings. The van der Waals surface area contributed by atoms with Gasteiger partial charge in [0.2, 0.25) is 0 Å². The van der Waals surface area contributed by atoms with Crippen molar-refractivity contribution in [2.45, 2.75) is 13.8 Å². The number of carbonyl (C=O) groups excluding carboxylic acids is 1. The predicted molar refractivity (Wildman–Crippen MR) is 108 cm³/mol. The lowest BCUT2D eigenvalue weighted by molar-refractivity contribution is 0.103. The van der Waals surface area contributed by atoms with Crippen LogP contribution in [-0.4, -0.2) is 15.7 Å². The molecule has 0 aliphatic rings. The Morgan fingerprint density at radius 3 is 2.67 bits per heavy atom. The SMILES string of the molecule is Cc1nn(-c2ccccc2)c(C)c1NC(=O)c1sc2cc(F)ccc2c1Cl. The number of carbonyl (C=O) groups is 1. The minimum Gasteiger partial charge on any atom is -0.318 e. The number of para-hydroxylation sites is 1. The summed E-state index contributed by atoms with van der Waals surface area (Å²) in [5.41, 5.74) is 3.07. The molecule has 4 nitrogen and oxygen atoms in total. The first-order valence-electron chi connectivity index (χ1n) is 8.26. The fourth-order valence-electron chi connectivity index (χ4n) is 3.00. The van der Waals surface area contributed by atoms with Crippen LogP contribution in [0.3, 0.4) is 0 Å². The molecule has 2 heterocycles. The maximum atomic E-state index is 13.4. The Morgan fingerprint density at radius 1 is 1.19 bits per heavy atom. The number of nitrogens with zero attached hydrogens (tertiary/aromatic N) is 2. The number of hydrogen-bond acceptors (Lipinski definition) is 3. The van der Waals surface area contributed by atoms with Crippen LogP contribution >= 0.6 is 22.9 Å². The largest absolute Gasteiger partial charge is 0.318 e. The molecular weight excluding hydrogens is 385 g/mol. The van der Waals surface area contributed by atoms with Gasteiger partial charge in [-0.15, -0.1) is 11.3 Å². The van der Waals surface area contributed by atoms with E-state index in [-0.39, 0.29) is 11.7 Å². The van der Waals surface area contributed by atoms with Gasteiger partial charge >= 0.3 is 0 Å². The number of fused-ring (bicyclic) bond motifs is 1. The van der Waals surface area contributed by atoms with Gasteiger partial charge in [0.15, 0.2) is 0 Å². The highest BCUT2D eigenvalue weighted by molar-refractivity contribution is 7.21. The molecule has 0 bridgehead atoms. The molecule has 0 saturated carbocycles. The number of aromatic nitrogens is 2. The minimum atomic E-state index is -0.358. The molecule has 27 heavy (non-hydrogen) atoms. The molecule has 1 amide bonds. The standard InChI is InChI=1S/C20H15ClFN3OS/c1-11-18(12(2)25(24-11)14-6-4-3-5-7-14)23-20(26)19-17(21)15-9-8-13(22)10-16(15)27-19/h3-10H,1-2H3,(H,23,26). The Bertz CT molecular complexity index is 1170. The number of aryl methyl sites for hydroxylation is 1. The van der Waals surface area contributed by atoms with Crippen molar-refractivity contribution in [2.75, 3.05) is 5.32 Å². The summed E-state index contributed by atoms with van der Waals surface area (Å²) in [6, 6.07) is 14.0. The van der Waals surface area contributed by atoms with Crippen molar-refractivity contribution >= 4 is 44.6 Å². The van der Waals surface area contributed by atoms with E-state index in [1.807, 2.05) is 44.2 Å². The zero-order valence-corrected chi connectivity index (χ0v) is 16.2. The van der Waals surface area contributed by atoms with Gasteiger partial charge in [-0.05, 0) is 44.2 Å². The molecule has 0 saturated heterocycles. The second kappa shape index (κ2) is 6.79. The van der Waals surface area contributed by atoms with Gasteiger partial charge in [0, 0.05) is 10.1 Å². The van der Waals surface area contributed by atoms with Gasteiger partial charge < -0.3 is 5.32 Å². The molecule has 0 unspecified atom stereocenters. The third kappa shape index (κ3) is 3.11. The molecule has 0 radical (unpaired) electrons. The van der Waals surface area contributed by atoms with E-state index >= 15 is 0 Å². The summed E-state index contributed by atoms with van der Waals surface area (Å²) in [5.74, 6) is -0.691. The van der Waals surface area contributed by atoms with Crippen LogP contribution in [0.1, 0.15) is 21.1 Å². The molecule has 0 aliphatic carbocycles. The molecule has 0 fully saturated rings. The number of anilines is 1. The molecule has 0 atom stereocenters. The Labute approximate surface area is 164 Å². The van der Waals surface area contributed by atoms with Gasteiger partial charge in [-0.25, -0.2) is 9.07 Å². The van der Waals surface area contributed by atoms with Crippen molar-refractivity contribution in [2.24, 2.45) is 0 Å². The van der Waals surface area contributed by atoms with Crippen molar-refractivity contribution in [3.05, 3.63) is 75.6 Å². The zero-order chi connectivity index (χ0) is 19.1. The van der Waals surface area contributed by atoms with Crippen LogP contribution < -0.4 is 5.32 Å². The highest BCUT2D eigenvalue weighted by atomic mass is 35.5. The average Bonchev–Trinajstić information content (AvgIpc) is 3.13. The maximum Gasteiger partial charge on any atom is 0.267 e. The van der Waals surface area contributed by atoms with Gasteiger partial charge in [0.25, 0.3) is 5.91 Å². The number of benzene rings is 2. The van der Waals surface area contributed by atoms with E-state index in [2.05, 4.69) is 10.4 Å². The molecule has 2 aromatic carbocycles. The maximum absolute atomic E-state index is 13.4. The lowest BCUT2D eigenvalue weighted by Gasteiger charge is -2.06. The van der Waals surface area contributed by atoms with Gasteiger partial charge in [0.05, 0.1) is 27.8 Å². The highest BCUT2D eigenvalue weighted by Crippen LogP contribution is 2.36. The molecule has 0 spiro atoms. The number of rotatable bonds is 3. The summed E-state index contributed by atoms with van der Waals surface area (Å²) >= 11 is 7.53. The zero-order valence-electron chi connectivity index (χ0n) is 14.6. The van der Waals surface area contributed by atoms with Crippen molar-refractivity contribution in [1.82, 2.24) is 9.78 Å². The lowest BCUT2D eigenvalue weighted by Crippen LogP contribution is -2.12. The van der Waals surface area contributed by atoms with Crippen molar-refractivity contribution in [3.8, 4) is 5.69 Å². The van der Waals surface area contributed by atoms with Crippen molar-refractivity contribution < 1.29 is 9.18 Å². The summed E-state index contributed by atoms with van der Waals surface area (Å²) in [6.45, 7) is 3.73. The summed E-state index contributed by atoms with van der Waals surface area (Å²) in [4.78, 5) is 13.2. The van der Waals surface area contributed by atoms with Crippen molar-refractivity contribution in [1.29, 1.82) is 0 Å². The Hall–Kier alpha value is -2.70. The third-order valence-electron chi connectivity index (χ3n) is 4.33. The minimum absolute atomic E-state index is 0.332. The van der Waals surface area contributed by atoms with Gasteiger partial charge in [0.1, 0.15) is 10.7 Å². The first kappa shape index (κ1) is 17.7. The first-order chi connectivity index (χ1) is 13.0. The van der Waals surface area contributed by atoms with Crippen LogP contribution in [0.5, 0.6) is 0 Å². The third-order valence-corrected chi connectivity index (χ3v) is 5.98. The molecule has 136 valence electrons. The second-order valence-corrected chi connectivity index (χ2v) is 7.56. The van der Waals surface area contributed by atoms with Crippen LogP contribution in [0.4, 0.5) is 10.1 Å². The quantitative estimate of drug-likeness (QED) is 0.477. The second-order valence-electron chi connectivity index (χ2n) is 6.13. The smallest absolute Gasteiger partial charge is 0.267 e. The van der Waals surface area contributed by atoms with E-state index in [0.29, 0.717) is 31.4 Å². The predicted octanol–water partition coefficient (Wildman–Crippen LogP) is 5.75. The topological polar surface area (TPSA) is 46.9 Å². The van der Waals surface area contributed by atoms with E-state index in [0.717, 1.165) is 11.4 Å². The van der Waals surface area contributed by atoms with Crippen LogP contribution in [0.2, 0.25) is 5.02 Å². The number of nitrogens with one attached hydrogen (secondary N) is 1. The Morgan fingerprint density at radius 2 is 1.93 bits per heavy atom. The molecule has 2 aromatic heterocycles. The van der Waals surface area contributed by atoms with E-state index in [4.69, 9.17) is 11.6 Å². The highest BCUT2D eigenvalue weighted by Gasteiger charge is 2.21. The molecule has 7 heteroatoms. The lowest BCUT2D eigenvalue weighted by atomic mass is 10.2. The molecule has 4 rings (SSSR count). The average molecular weight is 400 g/mol. The fourth-order valence-corrected chi connectivity index (χ4v) is 4.44. The molecule has 1 N–H and O–H groups in total. The summed E-state index contributed by atoms with van der Waals surface area (Å²) in [7, 11) is 0. The Balaban J connectivity index is 1.70. The van der Waals surface area contributed by atoms with Crippen molar-refractivity contribution in [3.63, 3.8) is 0 Å². The molecule has 0 aliphatic heterocycles. The number of amides is 1. The molecular formula is C20H15ClFN3OS. The first-order valence-corrected chi connectivity index (χ1v) is 9.45. The van der Waals surface area contributed by atoms with E-state index in [9.17, 15) is 9.18 Å². The fraction of sp³-hybridized carbons (Fsp3) is 0.100. The normalized spacial score (nSPS) is 11.1. The number of halogens is 2. The van der Waals surface area contributed by atoms with E-state index in [1.54, 1.807) is 10.7 Å². The summed E-state index contributed by atoms with van der Waals surface area (Å²) in [6.07, 6.45) is 0. The summed E-state index contributed by atoms with van der Waals surface area (Å²) in [5, 5.41) is 8.44. The van der Waals surface area contributed by atoms with Crippen LogP contribution in [0.15, 0.2) is 48.5 Å². The Kier molecular flexibility index (Phi) is 4.45. The van der Waals surface area contributed by atoms with Gasteiger partial charge in [-0.3, -0.25) is 4.79 Å². The number of thiophene rings is 1.